The second-order valence-corrected chi connectivity index (χ2v) is 4.42. The van der Waals surface area contributed by atoms with Gasteiger partial charge in [-0.1, -0.05) is 12.1 Å². The lowest BCUT2D eigenvalue weighted by Gasteiger charge is -2.08. The number of ether oxygens (including phenoxy) is 1. The first kappa shape index (κ1) is 15.9. The number of carbonyl (C=O) groups excluding carboxylic acids is 1. The van der Waals surface area contributed by atoms with Crippen LogP contribution in [0, 0.1) is 0 Å². The normalized spacial score (nSPS) is 10.7. The maximum Gasteiger partial charge on any atom is 0.343 e. The fourth-order valence-electron chi connectivity index (χ4n) is 1.78. The Hall–Kier alpha value is -2.45. The zero-order valence-corrected chi connectivity index (χ0v) is 11.5. The van der Waals surface area contributed by atoms with Crippen molar-refractivity contribution in [1.29, 1.82) is 0 Å². The van der Waals surface area contributed by atoms with Gasteiger partial charge in [0.15, 0.2) is 0 Å². The van der Waals surface area contributed by atoms with Crippen LogP contribution < -0.4 is 4.74 Å². The van der Waals surface area contributed by atoms with Crippen molar-refractivity contribution in [2.24, 2.45) is 0 Å². The van der Waals surface area contributed by atoms with Crippen LogP contribution in [0.1, 0.15) is 15.9 Å². The highest BCUT2D eigenvalue weighted by atomic mass is 17.1. The summed E-state index contributed by atoms with van der Waals surface area (Å²) in [6.45, 7) is 0.0451. The Balaban J connectivity index is 1.99. The predicted molar refractivity (Wildman–Crippen MR) is 74.6 cm³/mol. The maximum absolute atomic E-state index is 12.0. The van der Waals surface area contributed by atoms with Crippen molar-refractivity contribution in [2.75, 3.05) is 6.61 Å². The summed E-state index contributed by atoms with van der Waals surface area (Å²) in [5.74, 6) is -0.115. The van der Waals surface area contributed by atoms with Crippen LogP contribution in [0.2, 0.25) is 0 Å². The highest BCUT2D eigenvalue weighted by Gasteiger charge is 2.09. The van der Waals surface area contributed by atoms with E-state index in [2.05, 4.69) is 4.84 Å². The number of hydrogen-bond donors (Lipinski definition) is 3. The summed E-state index contributed by atoms with van der Waals surface area (Å²) in [7, 11) is 0. The standard InChI is InChI=1S/C15H15NO6/c17-13-4-6-14(7-5-13)22-15(18)12-3-1-2-11(10-12)8-9-21-16(19)20/h1-7,10,17,19-20H,8-9H2. The second kappa shape index (κ2) is 7.53. The molecule has 0 amide bonds. The third-order valence-electron chi connectivity index (χ3n) is 2.81. The summed E-state index contributed by atoms with van der Waals surface area (Å²) >= 11 is 0. The van der Waals surface area contributed by atoms with Gasteiger partial charge in [0.2, 0.25) is 0 Å². The van der Waals surface area contributed by atoms with Crippen molar-refractivity contribution >= 4 is 5.97 Å². The van der Waals surface area contributed by atoms with Crippen LogP contribution in [0.4, 0.5) is 0 Å². The number of benzene rings is 2. The molecule has 116 valence electrons. The molecule has 7 heteroatoms. The van der Waals surface area contributed by atoms with Gasteiger partial charge in [-0.3, -0.25) is 15.3 Å². The molecule has 0 atom stereocenters. The smallest absolute Gasteiger partial charge is 0.343 e. The molecule has 2 aromatic rings. The minimum atomic E-state index is -0.528. The highest BCUT2D eigenvalue weighted by Crippen LogP contribution is 2.17. The molecule has 3 N–H and O–H groups in total. The fourth-order valence-corrected chi connectivity index (χ4v) is 1.78. The monoisotopic (exact) mass is 305 g/mol. The molecule has 0 radical (unpaired) electrons. The molecular formula is C15H15NO6. The minimum absolute atomic E-state index is 0.0451. The van der Waals surface area contributed by atoms with E-state index in [0.29, 0.717) is 17.7 Å². The van der Waals surface area contributed by atoms with Crippen LogP contribution in [0.5, 0.6) is 11.5 Å². The maximum atomic E-state index is 12.0. The summed E-state index contributed by atoms with van der Waals surface area (Å²) in [4.78, 5) is 16.5. The van der Waals surface area contributed by atoms with E-state index >= 15 is 0 Å². The van der Waals surface area contributed by atoms with E-state index in [-0.39, 0.29) is 17.7 Å². The van der Waals surface area contributed by atoms with Crippen LogP contribution >= 0.6 is 0 Å². The van der Waals surface area contributed by atoms with Crippen LogP contribution in [0.3, 0.4) is 0 Å². The van der Waals surface area contributed by atoms with E-state index in [1.807, 2.05) is 0 Å². The van der Waals surface area contributed by atoms with Gasteiger partial charge >= 0.3 is 5.97 Å². The van der Waals surface area contributed by atoms with Gasteiger partial charge in [0.1, 0.15) is 11.5 Å². The Kier molecular flexibility index (Phi) is 5.45. The van der Waals surface area contributed by atoms with Gasteiger partial charge < -0.3 is 9.84 Å². The van der Waals surface area contributed by atoms with E-state index in [0.717, 1.165) is 5.56 Å². The van der Waals surface area contributed by atoms with Gasteiger partial charge in [0, 0.05) is 0 Å². The molecule has 0 aliphatic carbocycles. The van der Waals surface area contributed by atoms with Crippen LogP contribution in [0.25, 0.3) is 0 Å². The molecule has 0 heterocycles. The summed E-state index contributed by atoms with van der Waals surface area (Å²) in [5.41, 5.74) is 1.14. The number of aromatic hydroxyl groups is 1. The quantitative estimate of drug-likeness (QED) is 0.427. The Morgan fingerprint density at radius 3 is 2.50 bits per heavy atom. The van der Waals surface area contributed by atoms with E-state index in [4.69, 9.17) is 15.2 Å². The third kappa shape index (κ3) is 4.83. The molecule has 0 fully saturated rings. The lowest BCUT2D eigenvalue weighted by Crippen LogP contribution is -2.16. The first-order valence-corrected chi connectivity index (χ1v) is 6.45. The second-order valence-electron chi connectivity index (χ2n) is 4.42. The van der Waals surface area contributed by atoms with Gasteiger partial charge in [-0.15, -0.1) is 0 Å². The third-order valence-corrected chi connectivity index (χ3v) is 2.81. The fraction of sp³-hybridized carbons (Fsp3) is 0.133. The van der Waals surface area contributed by atoms with Crippen molar-refractivity contribution in [2.45, 2.75) is 6.42 Å². The van der Waals surface area contributed by atoms with Gasteiger partial charge in [-0.2, -0.15) is 0 Å². The van der Waals surface area contributed by atoms with Crippen LogP contribution in [0.15, 0.2) is 48.5 Å². The Labute approximate surface area is 126 Å². The molecule has 0 aliphatic rings. The molecular weight excluding hydrogens is 290 g/mol. The Morgan fingerprint density at radius 2 is 1.82 bits per heavy atom. The molecule has 2 aromatic carbocycles. The molecule has 0 saturated carbocycles. The average Bonchev–Trinajstić information content (AvgIpc) is 2.49. The predicted octanol–water partition coefficient (Wildman–Crippen LogP) is 2.17. The lowest BCUT2D eigenvalue weighted by atomic mass is 10.1. The number of hydrogen-bond acceptors (Lipinski definition) is 7. The number of phenolic OH excluding ortho intramolecular Hbond substituents is 1. The summed E-state index contributed by atoms with van der Waals surface area (Å²) < 4.78 is 5.18. The SMILES string of the molecule is O=C(Oc1ccc(O)cc1)c1cccc(CCON(O)O)c1. The topological polar surface area (TPSA) is 99.5 Å². The van der Waals surface area contributed by atoms with Crippen molar-refractivity contribution in [3.05, 3.63) is 59.7 Å². The summed E-state index contributed by atoms with van der Waals surface area (Å²) in [6.07, 6.45) is 0.387. The number of rotatable bonds is 6. The lowest BCUT2D eigenvalue weighted by molar-refractivity contribution is -0.492. The summed E-state index contributed by atoms with van der Waals surface area (Å²) in [5, 5.41) is 25.7. The largest absolute Gasteiger partial charge is 0.508 e. The van der Waals surface area contributed by atoms with Gasteiger partial charge in [-0.25, -0.2) is 4.79 Å². The molecule has 0 saturated heterocycles. The van der Waals surface area contributed by atoms with Crippen molar-refractivity contribution in [3.63, 3.8) is 0 Å². The Bertz CT molecular complexity index is 626. The van der Waals surface area contributed by atoms with E-state index in [1.54, 1.807) is 24.3 Å². The van der Waals surface area contributed by atoms with Gasteiger partial charge in [0.25, 0.3) is 0 Å². The van der Waals surface area contributed by atoms with E-state index < -0.39 is 5.97 Å². The Morgan fingerprint density at radius 1 is 1.09 bits per heavy atom. The highest BCUT2D eigenvalue weighted by molar-refractivity contribution is 5.91. The van der Waals surface area contributed by atoms with Crippen molar-refractivity contribution in [1.82, 2.24) is 5.39 Å². The van der Waals surface area contributed by atoms with Crippen molar-refractivity contribution in [3.8, 4) is 11.5 Å². The minimum Gasteiger partial charge on any atom is -0.508 e. The number of esters is 1. The molecule has 0 aliphatic heterocycles. The molecule has 0 aromatic heterocycles. The first-order valence-electron chi connectivity index (χ1n) is 6.45. The van der Waals surface area contributed by atoms with E-state index in [9.17, 15) is 9.90 Å². The van der Waals surface area contributed by atoms with Crippen LogP contribution in [-0.2, 0) is 11.3 Å². The molecule has 7 nitrogen and oxygen atoms in total. The zero-order valence-electron chi connectivity index (χ0n) is 11.5. The molecule has 2 rings (SSSR count). The zero-order chi connectivity index (χ0) is 15.9. The molecule has 22 heavy (non-hydrogen) atoms. The average molecular weight is 305 g/mol. The van der Waals surface area contributed by atoms with Gasteiger partial charge in [-0.05, 0) is 48.4 Å². The van der Waals surface area contributed by atoms with Gasteiger partial charge in [0.05, 0.1) is 17.6 Å². The number of nitrogens with zero attached hydrogens (tertiary/aromatic N) is 1. The number of carbonyl (C=O) groups is 1. The van der Waals surface area contributed by atoms with E-state index in [1.165, 1.54) is 24.3 Å². The molecule has 0 bridgehead atoms. The van der Waals surface area contributed by atoms with Crippen LogP contribution in [-0.4, -0.2) is 33.5 Å². The number of phenols is 1. The molecule has 0 spiro atoms. The first-order chi connectivity index (χ1) is 10.5. The molecule has 0 unspecified atom stereocenters. The summed E-state index contributed by atoms with van der Waals surface area (Å²) in [6, 6.07) is 12.5. The van der Waals surface area contributed by atoms with Crippen molar-refractivity contribution < 1.29 is 29.9 Å².